The Bertz CT molecular complexity index is 860. The second-order valence-electron chi connectivity index (χ2n) is 5.59. The van der Waals surface area contributed by atoms with Gasteiger partial charge in [-0.3, -0.25) is 4.79 Å². The Hall–Kier alpha value is -2.05. The summed E-state index contributed by atoms with van der Waals surface area (Å²) >= 11 is 5.90. The van der Waals surface area contributed by atoms with Crippen molar-refractivity contribution in [2.45, 2.75) is 18.7 Å². The second kappa shape index (κ2) is 7.89. The van der Waals surface area contributed by atoms with Crippen LogP contribution in [-0.4, -0.2) is 33.7 Å². The van der Waals surface area contributed by atoms with E-state index < -0.39 is 15.7 Å². The maximum atomic E-state index is 12.4. The van der Waals surface area contributed by atoms with Crippen LogP contribution in [0.5, 0.6) is 0 Å². The molecule has 1 amide bonds. The van der Waals surface area contributed by atoms with Gasteiger partial charge in [0.25, 0.3) is 5.91 Å². The van der Waals surface area contributed by atoms with E-state index >= 15 is 0 Å². The first-order chi connectivity index (χ1) is 11.8. The number of carbonyl (C=O) groups is 1. The number of benzene rings is 2. The van der Waals surface area contributed by atoms with Gasteiger partial charge in [-0.25, -0.2) is 8.42 Å². The van der Waals surface area contributed by atoms with Crippen LogP contribution in [0.25, 0.3) is 0 Å². The van der Waals surface area contributed by atoms with E-state index in [2.05, 4.69) is 24.1 Å². The summed E-state index contributed by atoms with van der Waals surface area (Å²) < 4.78 is 23.4. The van der Waals surface area contributed by atoms with Gasteiger partial charge in [0, 0.05) is 36.3 Å². The highest BCUT2D eigenvalue weighted by atomic mass is 35.5. The van der Waals surface area contributed by atoms with Gasteiger partial charge in [-0.15, -0.1) is 0 Å². The Kier molecular flexibility index (Phi) is 6.08. The van der Waals surface area contributed by atoms with Gasteiger partial charge < -0.3 is 10.2 Å². The minimum absolute atomic E-state index is 0.0568. The van der Waals surface area contributed by atoms with Crippen LogP contribution < -0.4 is 10.2 Å². The van der Waals surface area contributed by atoms with Crippen LogP contribution in [0.1, 0.15) is 24.2 Å². The fourth-order valence-electron chi connectivity index (χ4n) is 2.48. The molecule has 0 spiro atoms. The Morgan fingerprint density at radius 1 is 1.08 bits per heavy atom. The minimum atomic E-state index is -3.50. The zero-order valence-corrected chi connectivity index (χ0v) is 16.0. The molecular formula is C18H21ClN2O3S. The van der Waals surface area contributed by atoms with Crippen molar-refractivity contribution >= 4 is 38.7 Å². The summed E-state index contributed by atoms with van der Waals surface area (Å²) in [7, 11) is -3.50. The molecule has 0 heterocycles. The van der Waals surface area contributed by atoms with Crippen molar-refractivity contribution in [1.82, 2.24) is 0 Å². The molecule has 134 valence electrons. The van der Waals surface area contributed by atoms with Crippen molar-refractivity contribution < 1.29 is 13.2 Å². The summed E-state index contributed by atoms with van der Waals surface area (Å²) in [6, 6.07) is 11.7. The third-order valence-electron chi connectivity index (χ3n) is 3.85. The number of hydrogen-bond donors (Lipinski definition) is 1. The van der Waals surface area contributed by atoms with E-state index in [4.69, 9.17) is 11.6 Å². The Labute approximate surface area is 153 Å². The molecule has 0 fully saturated rings. The van der Waals surface area contributed by atoms with Gasteiger partial charge in [0.2, 0.25) is 0 Å². The summed E-state index contributed by atoms with van der Waals surface area (Å²) in [6.07, 6.45) is 1.06. The predicted molar refractivity (Wildman–Crippen MR) is 103 cm³/mol. The van der Waals surface area contributed by atoms with Crippen molar-refractivity contribution in [3.05, 3.63) is 53.1 Å². The highest BCUT2D eigenvalue weighted by Gasteiger charge is 2.16. The molecule has 0 aliphatic rings. The largest absolute Gasteiger partial charge is 0.372 e. The molecule has 0 aliphatic carbocycles. The molecule has 7 heteroatoms. The fourth-order valence-corrected chi connectivity index (χ4v) is 3.78. The molecule has 0 unspecified atom stereocenters. The number of halogens is 1. The van der Waals surface area contributed by atoms with E-state index in [0.717, 1.165) is 25.0 Å². The van der Waals surface area contributed by atoms with E-state index in [1.165, 1.54) is 18.2 Å². The summed E-state index contributed by atoms with van der Waals surface area (Å²) in [6.45, 7) is 5.97. The normalized spacial score (nSPS) is 11.2. The summed E-state index contributed by atoms with van der Waals surface area (Å²) in [5.41, 5.74) is 1.95. The van der Waals surface area contributed by atoms with E-state index in [-0.39, 0.29) is 15.5 Å². The van der Waals surface area contributed by atoms with Gasteiger partial charge in [0.15, 0.2) is 9.84 Å². The van der Waals surface area contributed by atoms with Gasteiger partial charge in [-0.05, 0) is 56.3 Å². The van der Waals surface area contributed by atoms with Gasteiger partial charge in [0.05, 0.1) is 9.92 Å². The first-order valence-electron chi connectivity index (χ1n) is 7.92. The number of anilines is 2. The number of carbonyl (C=O) groups excluding carboxylic acids is 1. The number of nitrogens with zero attached hydrogens (tertiary/aromatic N) is 1. The Morgan fingerprint density at radius 2 is 1.68 bits per heavy atom. The lowest BCUT2D eigenvalue weighted by molar-refractivity contribution is 0.102. The molecule has 0 aromatic heterocycles. The molecule has 2 rings (SSSR count). The number of sulfone groups is 1. The number of amides is 1. The third kappa shape index (κ3) is 4.74. The Morgan fingerprint density at radius 3 is 2.20 bits per heavy atom. The molecule has 0 bridgehead atoms. The van der Waals surface area contributed by atoms with Crippen LogP contribution in [0, 0.1) is 0 Å². The first-order valence-corrected chi connectivity index (χ1v) is 10.2. The third-order valence-corrected chi connectivity index (χ3v) is 5.42. The standard InChI is InChI=1S/C18H21ClN2O3S/c1-4-21(5-2)15-9-7-14(8-10-15)20-18(22)13-6-11-16(19)17(12-13)25(3,23)24/h6-12H,4-5H2,1-3H3,(H,20,22). The van der Waals surface area contributed by atoms with Crippen LogP contribution in [0.3, 0.4) is 0 Å². The molecule has 25 heavy (non-hydrogen) atoms. The summed E-state index contributed by atoms with van der Waals surface area (Å²) in [5.74, 6) is -0.392. The molecule has 2 aromatic rings. The zero-order valence-electron chi connectivity index (χ0n) is 14.4. The maximum Gasteiger partial charge on any atom is 0.255 e. The van der Waals surface area contributed by atoms with E-state index in [9.17, 15) is 13.2 Å². The van der Waals surface area contributed by atoms with Gasteiger partial charge in [-0.2, -0.15) is 0 Å². The van der Waals surface area contributed by atoms with Crippen molar-refractivity contribution in [1.29, 1.82) is 0 Å². The lowest BCUT2D eigenvalue weighted by Crippen LogP contribution is -2.21. The molecule has 1 N–H and O–H groups in total. The quantitative estimate of drug-likeness (QED) is 0.826. The number of nitrogens with one attached hydrogen (secondary N) is 1. The lowest BCUT2D eigenvalue weighted by Gasteiger charge is -2.21. The molecule has 0 atom stereocenters. The minimum Gasteiger partial charge on any atom is -0.372 e. The van der Waals surface area contributed by atoms with Crippen molar-refractivity contribution in [2.75, 3.05) is 29.6 Å². The van der Waals surface area contributed by atoms with Crippen molar-refractivity contribution in [2.24, 2.45) is 0 Å². The van der Waals surface area contributed by atoms with E-state index in [1.807, 2.05) is 24.3 Å². The molecule has 0 aliphatic heterocycles. The average molecular weight is 381 g/mol. The maximum absolute atomic E-state index is 12.4. The number of rotatable bonds is 6. The van der Waals surface area contributed by atoms with Crippen LogP contribution in [0.2, 0.25) is 5.02 Å². The first kappa shape index (κ1) is 19.3. The van der Waals surface area contributed by atoms with Crippen LogP contribution in [0.15, 0.2) is 47.4 Å². The predicted octanol–water partition coefficient (Wildman–Crippen LogP) is 3.84. The summed E-state index contributed by atoms with van der Waals surface area (Å²) in [4.78, 5) is 14.5. The fraction of sp³-hybridized carbons (Fsp3) is 0.278. The SMILES string of the molecule is CCN(CC)c1ccc(NC(=O)c2ccc(Cl)c(S(C)(=O)=O)c2)cc1. The summed E-state index contributed by atoms with van der Waals surface area (Å²) in [5, 5.41) is 2.86. The molecule has 0 saturated carbocycles. The van der Waals surface area contributed by atoms with Crippen molar-refractivity contribution in [3.8, 4) is 0 Å². The smallest absolute Gasteiger partial charge is 0.255 e. The topological polar surface area (TPSA) is 66.5 Å². The van der Waals surface area contributed by atoms with E-state index in [1.54, 1.807) is 0 Å². The highest BCUT2D eigenvalue weighted by Crippen LogP contribution is 2.23. The monoisotopic (exact) mass is 380 g/mol. The van der Waals surface area contributed by atoms with Crippen LogP contribution in [-0.2, 0) is 9.84 Å². The van der Waals surface area contributed by atoms with Crippen LogP contribution in [0.4, 0.5) is 11.4 Å². The van der Waals surface area contributed by atoms with Gasteiger partial charge in [-0.1, -0.05) is 11.6 Å². The van der Waals surface area contributed by atoms with Gasteiger partial charge in [0.1, 0.15) is 0 Å². The molecular weight excluding hydrogens is 360 g/mol. The molecule has 0 saturated heterocycles. The van der Waals surface area contributed by atoms with Crippen molar-refractivity contribution in [3.63, 3.8) is 0 Å². The lowest BCUT2D eigenvalue weighted by atomic mass is 10.2. The van der Waals surface area contributed by atoms with Gasteiger partial charge >= 0.3 is 0 Å². The number of hydrogen-bond acceptors (Lipinski definition) is 4. The molecule has 5 nitrogen and oxygen atoms in total. The highest BCUT2D eigenvalue weighted by molar-refractivity contribution is 7.90. The Balaban J connectivity index is 2.20. The van der Waals surface area contributed by atoms with Crippen LogP contribution >= 0.6 is 11.6 Å². The van der Waals surface area contributed by atoms with E-state index in [0.29, 0.717) is 5.69 Å². The molecule has 2 aromatic carbocycles. The average Bonchev–Trinajstić information content (AvgIpc) is 2.56. The molecule has 0 radical (unpaired) electrons. The zero-order chi connectivity index (χ0) is 18.6. The second-order valence-corrected chi connectivity index (χ2v) is 7.98.